The number of nitrogens with one attached hydrogen (secondary N) is 1. The van der Waals surface area contributed by atoms with Crippen LogP contribution in [0.1, 0.15) is 6.42 Å². The number of nitrogens with zero attached hydrogens (tertiary/aromatic N) is 2. The minimum Gasteiger partial charge on any atom is -0.244 e. The number of nitriles is 1. The highest BCUT2D eigenvalue weighted by atomic mass is 15.5. The van der Waals surface area contributed by atoms with Crippen molar-refractivity contribution in [2.24, 2.45) is 0 Å². The standard InChI is InChI=1S/C6H9N3/c7-6-9-5-3-1-2-4-8-9/h1-2,8H,3-5H2. The normalized spacial score (nSPS) is 18.8. The van der Waals surface area contributed by atoms with Crippen LogP contribution < -0.4 is 5.43 Å². The van der Waals surface area contributed by atoms with Crippen molar-refractivity contribution in [3.05, 3.63) is 12.2 Å². The molecule has 3 heteroatoms. The van der Waals surface area contributed by atoms with Crippen LogP contribution in [0.5, 0.6) is 0 Å². The summed E-state index contributed by atoms with van der Waals surface area (Å²) in [7, 11) is 0. The maximum atomic E-state index is 8.40. The van der Waals surface area contributed by atoms with Crippen LogP contribution in [0.15, 0.2) is 12.2 Å². The van der Waals surface area contributed by atoms with Gasteiger partial charge < -0.3 is 0 Å². The second kappa shape index (κ2) is 3.10. The molecule has 1 heterocycles. The Kier molecular flexibility index (Phi) is 2.11. The van der Waals surface area contributed by atoms with E-state index in [2.05, 4.69) is 11.5 Å². The third kappa shape index (κ3) is 1.74. The van der Waals surface area contributed by atoms with E-state index in [0.29, 0.717) is 0 Å². The second-order valence-corrected chi connectivity index (χ2v) is 1.87. The van der Waals surface area contributed by atoms with Crippen LogP contribution in [0, 0.1) is 11.5 Å². The van der Waals surface area contributed by atoms with Crippen LogP contribution >= 0.6 is 0 Å². The fourth-order valence-electron chi connectivity index (χ4n) is 0.732. The van der Waals surface area contributed by atoms with Crippen molar-refractivity contribution in [2.75, 3.05) is 13.1 Å². The zero-order chi connectivity index (χ0) is 6.53. The molecule has 0 aromatic carbocycles. The third-order valence-electron chi connectivity index (χ3n) is 1.21. The zero-order valence-corrected chi connectivity index (χ0v) is 5.17. The quantitative estimate of drug-likeness (QED) is 0.370. The predicted molar refractivity (Wildman–Crippen MR) is 34.1 cm³/mol. The molecule has 0 aliphatic carbocycles. The van der Waals surface area contributed by atoms with Crippen LogP contribution in [-0.2, 0) is 0 Å². The van der Waals surface area contributed by atoms with Gasteiger partial charge in [-0.2, -0.15) is 5.26 Å². The van der Waals surface area contributed by atoms with E-state index in [1.165, 1.54) is 0 Å². The maximum Gasteiger partial charge on any atom is 0.195 e. The zero-order valence-electron chi connectivity index (χ0n) is 5.17. The lowest BCUT2D eigenvalue weighted by Gasteiger charge is -2.11. The summed E-state index contributed by atoms with van der Waals surface area (Å²) in [6.07, 6.45) is 7.08. The van der Waals surface area contributed by atoms with Crippen molar-refractivity contribution in [2.45, 2.75) is 6.42 Å². The number of rotatable bonds is 0. The summed E-state index contributed by atoms with van der Waals surface area (Å²) in [6.45, 7) is 1.56. The van der Waals surface area contributed by atoms with Gasteiger partial charge in [0.2, 0.25) is 0 Å². The summed E-state index contributed by atoms with van der Waals surface area (Å²) in [6, 6.07) is 0. The van der Waals surface area contributed by atoms with Crippen molar-refractivity contribution >= 4 is 0 Å². The van der Waals surface area contributed by atoms with E-state index >= 15 is 0 Å². The molecule has 9 heavy (non-hydrogen) atoms. The van der Waals surface area contributed by atoms with Crippen molar-refractivity contribution < 1.29 is 0 Å². The van der Waals surface area contributed by atoms with E-state index in [0.717, 1.165) is 19.5 Å². The minimum atomic E-state index is 0.771. The molecule has 1 N–H and O–H groups in total. The average molecular weight is 123 g/mol. The fraction of sp³-hybridized carbons (Fsp3) is 0.500. The minimum absolute atomic E-state index is 0.771. The van der Waals surface area contributed by atoms with Crippen molar-refractivity contribution in [3.63, 3.8) is 0 Å². The summed E-state index contributed by atoms with van der Waals surface area (Å²) < 4.78 is 0. The highest BCUT2D eigenvalue weighted by molar-refractivity contribution is 4.89. The van der Waals surface area contributed by atoms with E-state index in [9.17, 15) is 0 Å². The molecule has 1 aliphatic rings. The van der Waals surface area contributed by atoms with Gasteiger partial charge in [0.1, 0.15) is 0 Å². The van der Waals surface area contributed by atoms with Gasteiger partial charge in [-0.1, -0.05) is 12.2 Å². The molecular formula is C6H9N3. The van der Waals surface area contributed by atoms with Gasteiger partial charge in [0, 0.05) is 13.1 Å². The molecule has 0 spiro atoms. The Balaban J connectivity index is 2.37. The SMILES string of the molecule is N#CN1CCC=CCN1. The number of hydrazine groups is 1. The van der Waals surface area contributed by atoms with Crippen molar-refractivity contribution in [1.29, 1.82) is 5.26 Å². The lowest BCUT2D eigenvalue weighted by molar-refractivity contribution is 0.311. The highest BCUT2D eigenvalue weighted by Gasteiger charge is 1.98. The van der Waals surface area contributed by atoms with E-state index < -0.39 is 0 Å². The topological polar surface area (TPSA) is 39.1 Å². The average Bonchev–Trinajstić information content (AvgIpc) is 2.13. The lowest BCUT2D eigenvalue weighted by atomic mass is 10.4. The predicted octanol–water partition coefficient (Wildman–Crippen LogP) is 0.234. The first-order chi connectivity index (χ1) is 4.43. The fourth-order valence-corrected chi connectivity index (χ4v) is 0.732. The molecule has 48 valence electrons. The van der Waals surface area contributed by atoms with E-state index in [1.807, 2.05) is 12.3 Å². The molecule has 0 radical (unpaired) electrons. The number of hydrogen-bond donors (Lipinski definition) is 1. The molecule has 0 amide bonds. The Bertz CT molecular complexity index is 135. The molecule has 0 unspecified atom stereocenters. The van der Waals surface area contributed by atoms with E-state index in [1.54, 1.807) is 5.01 Å². The Morgan fingerprint density at radius 1 is 1.56 bits per heavy atom. The molecule has 1 aliphatic heterocycles. The molecule has 0 saturated carbocycles. The first kappa shape index (κ1) is 6.12. The lowest BCUT2D eigenvalue weighted by Crippen LogP contribution is -2.33. The van der Waals surface area contributed by atoms with Crippen LogP contribution in [0.3, 0.4) is 0 Å². The molecule has 0 atom stereocenters. The number of hydrogen-bond acceptors (Lipinski definition) is 3. The molecular weight excluding hydrogens is 114 g/mol. The highest BCUT2D eigenvalue weighted by Crippen LogP contribution is 1.91. The van der Waals surface area contributed by atoms with Crippen LogP contribution in [-0.4, -0.2) is 18.1 Å². The van der Waals surface area contributed by atoms with Gasteiger partial charge in [-0.25, -0.2) is 10.4 Å². The maximum absolute atomic E-state index is 8.40. The van der Waals surface area contributed by atoms with Gasteiger partial charge in [-0.05, 0) is 6.42 Å². The monoisotopic (exact) mass is 123 g/mol. The van der Waals surface area contributed by atoms with Gasteiger partial charge >= 0.3 is 0 Å². The van der Waals surface area contributed by atoms with Crippen LogP contribution in [0.2, 0.25) is 0 Å². The summed E-state index contributed by atoms with van der Waals surface area (Å²) in [5.41, 5.74) is 2.92. The molecule has 0 aromatic rings. The largest absolute Gasteiger partial charge is 0.244 e. The van der Waals surface area contributed by atoms with Crippen molar-refractivity contribution in [3.8, 4) is 6.19 Å². The Morgan fingerprint density at radius 3 is 3.22 bits per heavy atom. The van der Waals surface area contributed by atoms with Gasteiger partial charge in [-0.3, -0.25) is 0 Å². The Morgan fingerprint density at radius 2 is 2.44 bits per heavy atom. The summed E-state index contributed by atoms with van der Waals surface area (Å²) in [5, 5.41) is 9.94. The first-order valence-corrected chi connectivity index (χ1v) is 2.99. The first-order valence-electron chi connectivity index (χ1n) is 2.99. The van der Waals surface area contributed by atoms with E-state index in [4.69, 9.17) is 5.26 Å². The molecule has 0 saturated heterocycles. The third-order valence-corrected chi connectivity index (χ3v) is 1.21. The summed E-state index contributed by atoms with van der Waals surface area (Å²) >= 11 is 0. The second-order valence-electron chi connectivity index (χ2n) is 1.87. The summed E-state index contributed by atoms with van der Waals surface area (Å²) in [5.74, 6) is 0. The van der Waals surface area contributed by atoms with E-state index in [-0.39, 0.29) is 0 Å². The molecule has 0 fully saturated rings. The Hall–Kier alpha value is -1.01. The summed E-state index contributed by atoms with van der Waals surface area (Å²) in [4.78, 5) is 0. The van der Waals surface area contributed by atoms with Gasteiger partial charge in [0.05, 0.1) is 0 Å². The smallest absolute Gasteiger partial charge is 0.195 e. The van der Waals surface area contributed by atoms with Crippen molar-refractivity contribution in [1.82, 2.24) is 10.4 Å². The molecule has 1 rings (SSSR count). The van der Waals surface area contributed by atoms with Crippen LogP contribution in [0.25, 0.3) is 0 Å². The molecule has 3 nitrogen and oxygen atoms in total. The van der Waals surface area contributed by atoms with Gasteiger partial charge in [0.15, 0.2) is 6.19 Å². The van der Waals surface area contributed by atoms with Gasteiger partial charge in [0.25, 0.3) is 0 Å². The molecule has 0 aromatic heterocycles. The van der Waals surface area contributed by atoms with Crippen LogP contribution in [0.4, 0.5) is 0 Å². The van der Waals surface area contributed by atoms with Gasteiger partial charge in [-0.15, -0.1) is 0 Å². The Labute approximate surface area is 54.5 Å². The molecule has 0 bridgehead atoms.